The maximum absolute atomic E-state index is 13.1. The molecule has 2 aromatic rings. The van der Waals surface area contributed by atoms with Crippen molar-refractivity contribution >= 4 is 17.2 Å². The van der Waals surface area contributed by atoms with E-state index in [0.29, 0.717) is 13.2 Å². The van der Waals surface area contributed by atoms with E-state index in [2.05, 4.69) is 24.1 Å². The first kappa shape index (κ1) is 28.3. The number of nitrogens with one attached hydrogen (secondary N) is 1. The van der Waals surface area contributed by atoms with Crippen LogP contribution < -0.4 is 14.8 Å². The number of ether oxygens (including phenoxy) is 3. The Morgan fingerprint density at radius 3 is 2.72 bits per heavy atom. The van der Waals surface area contributed by atoms with Crippen molar-refractivity contribution < 1.29 is 24.1 Å². The molecule has 8 nitrogen and oxygen atoms in total. The van der Waals surface area contributed by atoms with E-state index < -0.39 is 6.10 Å². The summed E-state index contributed by atoms with van der Waals surface area (Å²) >= 11 is 1.74. The smallest absolute Gasteiger partial charge is 0.223 e. The van der Waals surface area contributed by atoms with Crippen LogP contribution in [-0.4, -0.2) is 73.5 Å². The van der Waals surface area contributed by atoms with Gasteiger partial charge in [-0.05, 0) is 60.8 Å². The molecule has 0 spiro atoms. The second kappa shape index (κ2) is 12.1. The van der Waals surface area contributed by atoms with Crippen LogP contribution in [0.15, 0.2) is 24.3 Å². The molecule has 2 N–H and O–H groups in total. The Bertz CT molecular complexity index is 1120. The highest BCUT2D eigenvalue weighted by Crippen LogP contribution is 2.57. The molecular formula is C30H43N3O5S. The zero-order chi connectivity index (χ0) is 27.6. The van der Waals surface area contributed by atoms with Gasteiger partial charge in [0.15, 0.2) is 0 Å². The van der Waals surface area contributed by atoms with E-state index in [-0.39, 0.29) is 35.0 Å². The highest BCUT2D eigenvalue weighted by atomic mass is 32.1. The third-order valence-corrected chi connectivity index (χ3v) is 10.3. The molecule has 214 valence electrons. The molecule has 2 aliphatic carbocycles. The molecule has 1 aromatic heterocycles. The summed E-state index contributed by atoms with van der Waals surface area (Å²) in [4.78, 5) is 21.7. The van der Waals surface area contributed by atoms with E-state index in [0.717, 1.165) is 74.3 Å². The number of aliphatic hydroxyl groups excluding tert-OH is 1. The summed E-state index contributed by atoms with van der Waals surface area (Å²) in [6.07, 6.45) is 2.25. The number of amides is 1. The van der Waals surface area contributed by atoms with Crippen molar-refractivity contribution in [2.45, 2.75) is 58.7 Å². The molecule has 1 saturated carbocycles. The summed E-state index contributed by atoms with van der Waals surface area (Å²) in [5.74, 6) is 1.55. The normalized spacial score (nSPS) is 29.7. The van der Waals surface area contributed by atoms with Gasteiger partial charge < -0.3 is 24.6 Å². The van der Waals surface area contributed by atoms with Crippen LogP contribution in [0.25, 0.3) is 0 Å². The maximum Gasteiger partial charge on any atom is 0.223 e. The van der Waals surface area contributed by atoms with Crippen molar-refractivity contribution in [1.82, 2.24) is 15.2 Å². The van der Waals surface area contributed by atoms with E-state index in [1.807, 2.05) is 31.2 Å². The second-order valence-corrected chi connectivity index (χ2v) is 12.9. The SMILES string of the molecule is COc1ccc(OCc2nc3c(s2)C[C@]2(C)CCC([C@H](C)C(=O)NCCN4CCOCC4)[C@H](O)[C@H]2[C@@H]3C)cc1. The second-order valence-electron chi connectivity index (χ2n) is 11.8. The third kappa shape index (κ3) is 6.11. The summed E-state index contributed by atoms with van der Waals surface area (Å²) in [7, 11) is 1.65. The van der Waals surface area contributed by atoms with Gasteiger partial charge in [0, 0.05) is 42.9 Å². The molecule has 0 radical (unpaired) electrons. The number of thiazole rings is 1. The number of benzene rings is 1. The lowest BCUT2D eigenvalue weighted by Gasteiger charge is -2.53. The third-order valence-electron chi connectivity index (χ3n) is 9.27. The lowest BCUT2D eigenvalue weighted by Crippen LogP contribution is -2.53. The molecule has 5 rings (SSSR count). The average molecular weight is 558 g/mol. The van der Waals surface area contributed by atoms with Crippen LogP contribution in [-0.2, 0) is 22.6 Å². The van der Waals surface area contributed by atoms with Crippen molar-refractivity contribution in [3.05, 3.63) is 39.8 Å². The Morgan fingerprint density at radius 2 is 2.00 bits per heavy atom. The number of nitrogens with zero attached hydrogens (tertiary/aromatic N) is 2. The molecular weight excluding hydrogens is 514 g/mol. The van der Waals surface area contributed by atoms with Crippen molar-refractivity contribution in [3.63, 3.8) is 0 Å². The Morgan fingerprint density at radius 1 is 1.28 bits per heavy atom. The van der Waals surface area contributed by atoms with Crippen LogP contribution in [0.2, 0.25) is 0 Å². The minimum atomic E-state index is -0.535. The zero-order valence-electron chi connectivity index (χ0n) is 23.7. The number of aromatic nitrogens is 1. The molecule has 1 saturated heterocycles. The largest absolute Gasteiger partial charge is 0.497 e. The molecule has 9 heteroatoms. The van der Waals surface area contributed by atoms with Crippen LogP contribution >= 0.6 is 11.3 Å². The summed E-state index contributed by atoms with van der Waals surface area (Å²) in [5, 5.41) is 15.8. The average Bonchev–Trinajstić information content (AvgIpc) is 3.35. The molecule has 1 aromatic carbocycles. The highest BCUT2D eigenvalue weighted by Gasteiger charge is 2.53. The molecule has 1 amide bonds. The maximum atomic E-state index is 13.1. The number of carbonyl (C=O) groups excluding carboxylic acids is 1. The standard InChI is InChI=1S/C30H43N3O5S/c1-19(29(35)31-11-12-33-13-15-37-16-14-33)23-9-10-30(3)17-24-27(20(2)26(30)28(23)34)32-25(39-24)18-38-22-7-5-21(36-4)6-8-22/h5-8,19-20,23,26,28,34H,9-18H2,1-4H3,(H,31,35)/t19-,20-,23?,26+,28-,30-/m0/s1. The van der Waals surface area contributed by atoms with Gasteiger partial charge in [-0.3, -0.25) is 9.69 Å². The topological polar surface area (TPSA) is 93.2 Å². The first-order valence-electron chi connectivity index (χ1n) is 14.3. The van der Waals surface area contributed by atoms with Crippen molar-refractivity contribution in [3.8, 4) is 11.5 Å². The number of aliphatic hydroxyl groups is 1. The van der Waals surface area contributed by atoms with Gasteiger partial charge in [0.1, 0.15) is 23.1 Å². The fourth-order valence-electron chi connectivity index (χ4n) is 6.99. The molecule has 0 bridgehead atoms. The Kier molecular flexibility index (Phi) is 8.81. The number of hydrogen-bond acceptors (Lipinski definition) is 8. The van der Waals surface area contributed by atoms with E-state index in [1.54, 1.807) is 18.4 Å². The van der Waals surface area contributed by atoms with Gasteiger partial charge in [-0.15, -0.1) is 11.3 Å². The van der Waals surface area contributed by atoms with Gasteiger partial charge in [-0.25, -0.2) is 4.98 Å². The molecule has 1 aliphatic heterocycles. The van der Waals surface area contributed by atoms with E-state index in [4.69, 9.17) is 19.2 Å². The minimum Gasteiger partial charge on any atom is -0.497 e. The quantitative estimate of drug-likeness (QED) is 0.484. The van der Waals surface area contributed by atoms with Gasteiger partial charge in [-0.1, -0.05) is 20.8 Å². The lowest BCUT2D eigenvalue weighted by atomic mass is 9.53. The molecule has 39 heavy (non-hydrogen) atoms. The first-order valence-corrected chi connectivity index (χ1v) is 15.1. The van der Waals surface area contributed by atoms with Crippen LogP contribution in [0.5, 0.6) is 11.5 Å². The van der Waals surface area contributed by atoms with E-state index in [1.165, 1.54) is 4.88 Å². The number of morpholine rings is 1. The van der Waals surface area contributed by atoms with Gasteiger partial charge in [0.25, 0.3) is 0 Å². The Balaban J connectivity index is 1.21. The number of rotatable bonds is 9. The van der Waals surface area contributed by atoms with Gasteiger partial charge in [0.05, 0.1) is 32.1 Å². The predicted octanol–water partition coefficient (Wildman–Crippen LogP) is 3.87. The van der Waals surface area contributed by atoms with E-state index in [9.17, 15) is 9.90 Å². The number of carbonyl (C=O) groups is 1. The zero-order valence-corrected chi connectivity index (χ0v) is 24.5. The summed E-state index contributed by atoms with van der Waals surface area (Å²) < 4.78 is 16.6. The minimum absolute atomic E-state index is 0.00446. The van der Waals surface area contributed by atoms with Gasteiger partial charge >= 0.3 is 0 Å². The van der Waals surface area contributed by atoms with Crippen LogP contribution in [0, 0.1) is 23.2 Å². The summed E-state index contributed by atoms with van der Waals surface area (Å²) in [6.45, 7) is 11.7. The van der Waals surface area contributed by atoms with Crippen molar-refractivity contribution in [2.75, 3.05) is 46.5 Å². The fourth-order valence-corrected chi connectivity index (χ4v) is 8.28. The molecule has 2 fully saturated rings. The Labute approximate surface area is 236 Å². The Hall–Kier alpha value is -2.20. The summed E-state index contributed by atoms with van der Waals surface area (Å²) in [6, 6.07) is 7.58. The number of hydrogen-bond donors (Lipinski definition) is 2. The fraction of sp³-hybridized carbons (Fsp3) is 0.667. The number of methoxy groups -OCH3 is 1. The van der Waals surface area contributed by atoms with Gasteiger partial charge in [0.2, 0.25) is 5.91 Å². The monoisotopic (exact) mass is 557 g/mol. The predicted molar refractivity (Wildman–Crippen MR) is 151 cm³/mol. The van der Waals surface area contributed by atoms with Crippen molar-refractivity contribution in [1.29, 1.82) is 0 Å². The highest BCUT2D eigenvalue weighted by molar-refractivity contribution is 7.11. The molecule has 6 atom stereocenters. The lowest BCUT2D eigenvalue weighted by molar-refractivity contribution is -0.134. The van der Waals surface area contributed by atoms with Crippen LogP contribution in [0.4, 0.5) is 0 Å². The molecule has 1 unspecified atom stereocenters. The molecule has 2 heterocycles. The van der Waals surface area contributed by atoms with Crippen molar-refractivity contribution in [2.24, 2.45) is 23.2 Å². The summed E-state index contributed by atoms with van der Waals surface area (Å²) in [5.41, 5.74) is 1.09. The number of fused-ring (bicyclic) bond motifs is 2. The molecule has 3 aliphatic rings. The first-order chi connectivity index (χ1) is 18.8. The van der Waals surface area contributed by atoms with E-state index >= 15 is 0 Å². The van der Waals surface area contributed by atoms with Crippen LogP contribution in [0.1, 0.15) is 55.1 Å². The van der Waals surface area contributed by atoms with Crippen LogP contribution in [0.3, 0.4) is 0 Å². The van der Waals surface area contributed by atoms with Gasteiger partial charge in [-0.2, -0.15) is 0 Å².